The van der Waals surface area contributed by atoms with Crippen molar-refractivity contribution in [3.05, 3.63) is 29.3 Å². The highest BCUT2D eigenvalue weighted by Gasteiger charge is 2.26. The first kappa shape index (κ1) is 16.9. The molecule has 1 aromatic rings. The Morgan fingerprint density at radius 3 is 2.48 bits per heavy atom. The molecule has 0 spiro atoms. The molecule has 1 aromatic carbocycles. The van der Waals surface area contributed by atoms with E-state index in [0.29, 0.717) is 12.5 Å². The first-order valence-electron chi connectivity index (χ1n) is 6.52. The Morgan fingerprint density at radius 1 is 1.24 bits per heavy atom. The molecule has 1 atom stereocenters. The minimum absolute atomic E-state index is 0.133. The molecule has 7 heteroatoms. The highest BCUT2D eigenvalue weighted by molar-refractivity contribution is 5.92. The number of carbonyl (C=O) groups is 2. The number of hydrogen-bond donors (Lipinski definition) is 1. The molecule has 1 unspecified atom stereocenters. The van der Waals surface area contributed by atoms with Crippen LogP contribution in [0.4, 0.5) is 14.5 Å². The molecule has 0 fully saturated rings. The van der Waals surface area contributed by atoms with Crippen molar-refractivity contribution in [2.75, 3.05) is 12.3 Å². The zero-order valence-electron chi connectivity index (χ0n) is 11.8. The Labute approximate surface area is 121 Å². The Balaban J connectivity index is 2.91. The van der Waals surface area contributed by atoms with Crippen molar-refractivity contribution in [1.82, 2.24) is 0 Å². The second-order valence-corrected chi connectivity index (χ2v) is 4.29. The molecule has 5 nitrogen and oxygen atoms in total. The fraction of sp³-hybridized carbons (Fsp3) is 0.429. The summed E-state index contributed by atoms with van der Waals surface area (Å²) in [7, 11) is 0. The normalized spacial score (nSPS) is 11.8. The van der Waals surface area contributed by atoms with E-state index in [0.717, 1.165) is 6.07 Å². The number of nitrogen functional groups attached to an aromatic ring is 1. The van der Waals surface area contributed by atoms with Gasteiger partial charge in [0.15, 0.2) is 6.10 Å². The van der Waals surface area contributed by atoms with Crippen LogP contribution in [0.25, 0.3) is 0 Å². The number of rotatable bonds is 6. The maximum atomic E-state index is 13.6. The van der Waals surface area contributed by atoms with E-state index in [1.54, 1.807) is 13.8 Å². The van der Waals surface area contributed by atoms with Crippen molar-refractivity contribution in [3.8, 4) is 0 Å². The maximum Gasteiger partial charge on any atom is 0.347 e. The van der Waals surface area contributed by atoms with Crippen molar-refractivity contribution in [2.45, 2.75) is 32.8 Å². The van der Waals surface area contributed by atoms with Crippen molar-refractivity contribution < 1.29 is 27.8 Å². The first-order valence-corrected chi connectivity index (χ1v) is 6.52. The minimum Gasteiger partial charge on any atom is -0.463 e. The quantitative estimate of drug-likeness (QED) is 0.645. The number of carbonyl (C=O) groups excluding carboxylic acids is 2. The monoisotopic (exact) mass is 301 g/mol. The van der Waals surface area contributed by atoms with E-state index in [-0.39, 0.29) is 18.7 Å². The van der Waals surface area contributed by atoms with E-state index in [9.17, 15) is 18.4 Å². The number of halogens is 2. The smallest absolute Gasteiger partial charge is 0.347 e. The Kier molecular flexibility index (Phi) is 6.08. The van der Waals surface area contributed by atoms with Gasteiger partial charge in [0, 0.05) is 6.07 Å². The number of nitrogens with two attached hydrogens (primary N) is 1. The zero-order valence-corrected chi connectivity index (χ0v) is 11.8. The van der Waals surface area contributed by atoms with E-state index >= 15 is 0 Å². The van der Waals surface area contributed by atoms with Crippen LogP contribution in [-0.4, -0.2) is 24.6 Å². The summed E-state index contributed by atoms with van der Waals surface area (Å²) >= 11 is 0. The van der Waals surface area contributed by atoms with Crippen molar-refractivity contribution in [3.63, 3.8) is 0 Å². The van der Waals surface area contributed by atoms with E-state index in [2.05, 4.69) is 0 Å². The molecule has 0 aliphatic carbocycles. The lowest BCUT2D eigenvalue weighted by Crippen LogP contribution is -2.29. The van der Waals surface area contributed by atoms with Gasteiger partial charge in [-0.05, 0) is 19.4 Å². The van der Waals surface area contributed by atoms with Crippen molar-refractivity contribution in [2.24, 2.45) is 0 Å². The van der Waals surface area contributed by atoms with Gasteiger partial charge in [-0.2, -0.15) is 0 Å². The predicted octanol–water partition coefficient (Wildman–Crippen LogP) is 2.44. The molecule has 0 saturated heterocycles. The molecule has 0 aromatic heterocycles. The van der Waals surface area contributed by atoms with Gasteiger partial charge < -0.3 is 15.2 Å². The second kappa shape index (κ2) is 7.56. The van der Waals surface area contributed by atoms with Crippen LogP contribution in [0.5, 0.6) is 0 Å². The van der Waals surface area contributed by atoms with Crippen LogP contribution in [0.3, 0.4) is 0 Å². The summed E-state index contributed by atoms with van der Waals surface area (Å²) in [5.41, 5.74) is 4.37. The maximum absolute atomic E-state index is 13.6. The molecule has 0 bridgehead atoms. The van der Waals surface area contributed by atoms with Gasteiger partial charge in [-0.1, -0.05) is 13.3 Å². The summed E-state index contributed by atoms with van der Waals surface area (Å²) < 4.78 is 36.3. The molecule has 2 N–H and O–H groups in total. The molecular formula is C14H17F2NO4. The third-order valence-corrected chi connectivity index (χ3v) is 2.66. The van der Waals surface area contributed by atoms with Gasteiger partial charge in [-0.25, -0.2) is 18.4 Å². The molecule has 0 saturated carbocycles. The molecule has 1 rings (SSSR count). The van der Waals surface area contributed by atoms with Crippen LogP contribution in [0.15, 0.2) is 12.1 Å². The molecular weight excluding hydrogens is 284 g/mol. The minimum atomic E-state index is -1.13. The highest BCUT2D eigenvalue weighted by atomic mass is 19.1. The van der Waals surface area contributed by atoms with Gasteiger partial charge in [0.1, 0.15) is 11.6 Å². The summed E-state index contributed by atoms with van der Waals surface area (Å²) in [6.45, 7) is 3.54. The molecule has 0 radical (unpaired) electrons. The van der Waals surface area contributed by atoms with Gasteiger partial charge in [0.2, 0.25) is 0 Å². The number of esters is 2. The van der Waals surface area contributed by atoms with E-state index < -0.39 is 35.2 Å². The van der Waals surface area contributed by atoms with Crippen molar-refractivity contribution >= 4 is 17.6 Å². The summed E-state index contributed by atoms with van der Waals surface area (Å²) in [5.74, 6) is -3.88. The van der Waals surface area contributed by atoms with Crippen LogP contribution in [0.2, 0.25) is 0 Å². The van der Waals surface area contributed by atoms with Gasteiger partial charge in [0.05, 0.1) is 17.9 Å². The lowest BCUT2D eigenvalue weighted by atomic mass is 10.1. The van der Waals surface area contributed by atoms with Crippen LogP contribution in [-0.2, 0) is 14.3 Å². The van der Waals surface area contributed by atoms with E-state index in [4.69, 9.17) is 15.2 Å². The predicted molar refractivity (Wildman–Crippen MR) is 71.5 cm³/mol. The Hall–Kier alpha value is -2.18. The topological polar surface area (TPSA) is 78.6 Å². The Bertz CT molecular complexity index is 534. The molecule has 21 heavy (non-hydrogen) atoms. The Morgan fingerprint density at radius 2 is 1.90 bits per heavy atom. The standard InChI is InChI=1S/C14H17F2NO4/c1-3-5-12(14(19)20-4-2)21-13(18)8-6-11(17)10(16)7-9(8)15/h6-7,12H,3-5,17H2,1-2H3. The molecule has 0 aliphatic rings. The lowest BCUT2D eigenvalue weighted by molar-refractivity contribution is -0.153. The molecule has 116 valence electrons. The SMILES string of the molecule is CCCC(OC(=O)c1cc(N)c(F)cc1F)C(=O)OCC. The number of ether oxygens (including phenoxy) is 2. The van der Waals surface area contributed by atoms with E-state index in [1.165, 1.54) is 0 Å². The first-order chi connectivity index (χ1) is 9.90. The fourth-order valence-electron chi connectivity index (χ4n) is 1.64. The van der Waals surface area contributed by atoms with Crippen LogP contribution in [0, 0.1) is 11.6 Å². The number of hydrogen-bond acceptors (Lipinski definition) is 5. The summed E-state index contributed by atoms with van der Waals surface area (Å²) in [6, 6.07) is 1.33. The van der Waals surface area contributed by atoms with Crippen LogP contribution >= 0.6 is 0 Å². The average molecular weight is 301 g/mol. The van der Waals surface area contributed by atoms with Gasteiger partial charge in [0.25, 0.3) is 0 Å². The van der Waals surface area contributed by atoms with Gasteiger partial charge in [-0.15, -0.1) is 0 Å². The van der Waals surface area contributed by atoms with Gasteiger partial charge in [-0.3, -0.25) is 0 Å². The molecule has 0 heterocycles. The second-order valence-electron chi connectivity index (χ2n) is 4.29. The zero-order chi connectivity index (χ0) is 16.0. The third-order valence-electron chi connectivity index (χ3n) is 2.66. The van der Waals surface area contributed by atoms with E-state index in [1.807, 2.05) is 0 Å². The summed E-state index contributed by atoms with van der Waals surface area (Å²) in [4.78, 5) is 23.5. The van der Waals surface area contributed by atoms with Gasteiger partial charge >= 0.3 is 11.9 Å². The average Bonchev–Trinajstić information content (AvgIpc) is 2.42. The number of anilines is 1. The lowest BCUT2D eigenvalue weighted by Gasteiger charge is -2.16. The molecule has 0 aliphatic heterocycles. The third kappa shape index (κ3) is 4.40. The summed E-state index contributed by atoms with van der Waals surface area (Å²) in [5, 5.41) is 0. The highest BCUT2D eigenvalue weighted by Crippen LogP contribution is 2.19. The fourth-order valence-corrected chi connectivity index (χ4v) is 1.64. The number of benzene rings is 1. The molecule has 0 amide bonds. The summed E-state index contributed by atoms with van der Waals surface area (Å²) in [6.07, 6.45) is -0.332. The largest absolute Gasteiger partial charge is 0.463 e. The van der Waals surface area contributed by atoms with Crippen molar-refractivity contribution in [1.29, 1.82) is 0 Å². The van der Waals surface area contributed by atoms with Crippen LogP contribution in [0.1, 0.15) is 37.0 Å². The van der Waals surface area contributed by atoms with Crippen LogP contribution < -0.4 is 5.73 Å².